The van der Waals surface area contributed by atoms with E-state index in [1.165, 1.54) is 6.26 Å². The maximum absolute atomic E-state index is 12.6. The number of furan rings is 1. The first-order valence-corrected chi connectivity index (χ1v) is 9.04. The van der Waals surface area contributed by atoms with Crippen molar-refractivity contribution in [2.45, 2.75) is 18.9 Å². The Balaban J connectivity index is 1.51. The molecule has 3 rings (SSSR count). The molecule has 1 aromatic heterocycles. The monoisotopic (exact) mass is 362 g/mol. The Hall–Kier alpha value is -2.35. The van der Waals surface area contributed by atoms with Crippen molar-refractivity contribution in [2.24, 2.45) is 0 Å². The lowest BCUT2D eigenvalue weighted by Gasteiger charge is -2.37. The number of carbonyl (C=O) groups excluding carboxylic acids is 3. The second-order valence-corrected chi connectivity index (χ2v) is 7.01. The number of nitrogens with zero attached hydrogens (tertiary/aromatic N) is 4. The minimum Gasteiger partial charge on any atom is -0.459 e. The van der Waals surface area contributed by atoms with Gasteiger partial charge in [0.15, 0.2) is 5.76 Å². The molecule has 0 atom stereocenters. The third kappa shape index (κ3) is 3.90. The number of rotatable bonds is 2. The van der Waals surface area contributed by atoms with Gasteiger partial charge in [-0.2, -0.15) is 0 Å². The van der Waals surface area contributed by atoms with Crippen molar-refractivity contribution in [3.63, 3.8) is 0 Å². The predicted molar refractivity (Wildman–Crippen MR) is 94.5 cm³/mol. The van der Waals surface area contributed by atoms with Crippen molar-refractivity contribution in [3.8, 4) is 0 Å². The Bertz CT molecular complexity index is 644. The minimum absolute atomic E-state index is 0.115. The fourth-order valence-corrected chi connectivity index (χ4v) is 3.50. The Kier molecular flexibility index (Phi) is 5.61. The summed E-state index contributed by atoms with van der Waals surface area (Å²) >= 11 is 0. The smallest absolute Gasteiger partial charge is 0.312 e. The minimum atomic E-state index is -0.475. The molecule has 0 N–H and O–H groups in total. The fourth-order valence-electron chi connectivity index (χ4n) is 3.50. The molecule has 8 nitrogen and oxygen atoms in total. The second-order valence-electron chi connectivity index (χ2n) is 7.01. The summed E-state index contributed by atoms with van der Waals surface area (Å²) in [5, 5.41) is 0. The summed E-state index contributed by atoms with van der Waals surface area (Å²) in [5.41, 5.74) is 0. The number of likely N-dealkylation sites (N-methyl/N-ethyl adjacent to an activating group) is 1. The van der Waals surface area contributed by atoms with E-state index in [1.54, 1.807) is 33.9 Å². The normalized spacial score (nSPS) is 19.5. The average molecular weight is 362 g/mol. The molecule has 142 valence electrons. The molecule has 26 heavy (non-hydrogen) atoms. The standard InChI is InChI=1S/C18H26N4O4/c1-19-7-5-14(6-8-19)20(2)17(24)18(25)22-11-9-21(10-12-22)16(23)15-4-3-13-26-15/h3-4,13-14H,5-12H2,1-2H3. The molecule has 0 spiro atoms. The quantitative estimate of drug-likeness (QED) is 0.699. The van der Waals surface area contributed by atoms with E-state index in [0.29, 0.717) is 31.9 Å². The molecular formula is C18H26N4O4. The molecule has 8 heteroatoms. The molecule has 0 saturated carbocycles. The van der Waals surface area contributed by atoms with Crippen molar-refractivity contribution in [1.29, 1.82) is 0 Å². The van der Waals surface area contributed by atoms with Gasteiger partial charge < -0.3 is 24.0 Å². The van der Waals surface area contributed by atoms with Crippen LogP contribution in [-0.4, -0.2) is 96.7 Å². The molecule has 0 aliphatic carbocycles. The molecule has 1 aromatic rings. The second kappa shape index (κ2) is 7.90. The topological polar surface area (TPSA) is 77.3 Å². The number of piperidine rings is 1. The van der Waals surface area contributed by atoms with Crippen LogP contribution in [0.25, 0.3) is 0 Å². The molecule has 0 bridgehead atoms. The molecule has 2 saturated heterocycles. The van der Waals surface area contributed by atoms with E-state index in [0.717, 1.165) is 25.9 Å². The van der Waals surface area contributed by atoms with E-state index >= 15 is 0 Å². The largest absolute Gasteiger partial charge is 0.459 e. The van der Waals surface area contributed by atoms with E-state index in [-0.39, 0.29) is 11.9 Å². The number of hydrogen-bond donors (Lipinski definition) is 0. The third-order valence-electron chi connectivity index (χ3n) is 5.33. The van der Waals surface area contributed by atoms with Crippen molar-refractivity contribution >= 4 is 17.7 Å². The first kappa shape index (κ1) is 18.4. The van der Waals surface area contributed by atoms with E-state index < -0.39 is 11.8 Å². The van der Waals surface area contributed by atoms with Crippen LogP contribution in [0.3, 0.4) is 0 Å². The Labute approximate surface area is 153 Å². The van der Waals surface area contributed by atoms with E-state index in [9.17, 15) is 14.4 Å². The Morgan fingerprint density at radius 1 is 1.04 bits per heavy atom. The van der Waals surface area contributed by atoms with Gasteiger partial charge in [-0.1, -0.05) is 0 Å². The Morgan fingerprint density at radius 2 is 1.65 bits per heavy atom. The van der Waals surface area contributed by atoms with Crippen molar-refractivity contribution in [2.75, 3.05) is 53.4 Å². The molecule has 2 aliphatic rings. The maximum atomic E-state index is 12.6. The van der Waals surface area contributed by atoms with Crippen LogP contribution >= 0.6 is 0 Å². The van der Waals surface area contributed by atoms with E-state index in [4.69, 9.17) is 4.42 Å². The van der Waals surface area contributed by atoms with Gasteiger partial charge in [-0.25, -0.2) is 0 Å². The van der Waals surface area contributed by atoms with Crippen LogP contribution < -0.4 is 0 Å². The van der Waals surface area contributed by atoms with Crippen molar-refractivity contribution in [1.82, 2.24) is 19.6 Å². The van der Waals surface area contributed by atoms with Gasteiger partial charge in [0.2, 0.25) is 0 Å². The molecular weight excluding hydrogens is 336 g/mol. The number of hydrogen-bond acceptors (Lipinski definition) is 5. The molecule has 3 amide bonds. The van der Waals surface area contributed by atoms with Crippen LogP contribution in [0.15, 0.2) is 22.8 Å². The summed E-state index contributed by atoms with van der Waals surface area (Å²) in [6, 6.07) is 3.41. The molecule has 0 aromatic carbocycles. The summed E-state index contributed by atoms with van der Waals surface area (Å²) in [6.07, 6.45) is 3.24. The summed E-state index contributed by atoms with van der Waals surface area (Å²) in [5.74, 6) is -0.818. The predicted octanol–water partition coefficient (Wildman–Crippen LogP) is 0.117. The fraction of sp³-hybridized carbons (Fsp3) is 0.611. The summed E-state index contributed by atoms with van der Waals surface area (Å²) < 4.78 is 5.13. The first-order chi connectivity index (χ1) is 12.5. The lowest BCUT2D eigenvalue weighted by molar-refractivity contribution is -0.153. The van der Waals surface area contributed by atoms with Crippen molar-refractivity contribution < 1.29 is 18.8 Å². The highest BCUT2D eigenvalue weighted by atomic mass is 16.3. The maximum Gasteiger partial charge on any atom is 0.312 e. The highest BCUT2D eigenvalue weighted by Crippen LogP contribution is 2.15. The SMILES string of the molecule is CN1CCC(N(C)C(=O)C(=O)N2CCN(C(=O)c3ccco3)CC2)CC1. The third-order valence-corrected chi connectivity index (χ3v) is 5.33. The lowest BCUT2D eigenvalue weighted by atomic mass is 10.0. The van der Waals surface area contributed by atoms with Gasteiger partial charge in [0, 0.05) is 39.3 Å². The van der Waals surface area contributed by atoms with Gasteiger partial charge in [0.05, 0.1) is 6.26 Å². The van der Waals surface area contributed by atoms with Gasteiger partial charge in [-0.05, 0) is 45.1 Å². The van der Waals surface area contributed by atoms with Gasteiger partial charge in [-0.3, -0.25) is 14.4 Å². The van der Waals surface area contributed by atoms with Gasteiger partial charge >= 0.3 is 11.8 Å². The van der Waals surface area contributed by atoms with Crippen LogP contribution in [0.4, 0.5) is 0 Å². The highest BCUT2D eigenvalue weighted by molar-refractivity contribution is 6.34. The van der Waals surface area contributed by atoms with Gasteiger partial charge in [-0.15, -0.1) is 0 Å². The number of likely N-dealkylation sites (tertiary alicyclic amines) is 1. The van der Waals surface area contributed by atoms with E-state index in [2.05, 4.69) is 11.9 Å². The zero-order valence-corrected chi connectivity index (χ0v) is 15.4. The highest BCUT2D eigenvalue weighted by Gasteiger charge is 2.33. The summed E-state index contributed by atoms with van der Waals surface area (Å²) in [6.45, 7) is 3.39. The molecule has 2 fully saturated rings. The zero-order valence-electron chi connectivity index (χ0n) is 15.4. The number of amides is 3. The van der Waals surface area contributed by atoms with Crippen LogP contribution in [0.5, 0.6) is 0 Å². The number of piperazine rings is 1. The van der Waals surface area contributed by atoms with Gasteiger partial charge in [0.25, 0.3) is 5.91 Å². The lowest BCUT2D eigenvalue weighted by Crippen LogP contribution is -2.55. The van der Waals surface area contributed by atoms with Crippen LogP contribution in [0, 0.1) is 0 Å². The molecule has 2 aliphatic heterocycles. The van der Waals surface area contributed by atoms with Gasteiger partial charge in [0.1, 0.15) is 0 Å². The molecule has 3 heterocycles. The van der Waals surface area contributed by atoms with Crippen LogP contribution in [0.2, 0.25) is 0 Å². The van der Waals surface area contributed by atoms with Crippen LogP contribution in [0.1, 0.15) is 23.4 Å². The van der Waals surface area contributed by atoms with Crippen LogP contribution in [-0.2, 0) is 9.59 Å². The average Bonchev–Trinajstić information content (AvgIpc) is 3.21. The first-order valence-electron chi connectivity index (χ1n) is 9.04. The van der Waals surface area contributed by atoms with Crippen molar-refractivity contribution in [3.05, 3.63) is 24.2 Å². The zero-order chi connectivity index (χ0) is 18.7. The summed E-state index contributed by atoms with van der Waals surface area (Å²) in [7, 11) is 3.78. The molecule has 0 radical (unpaired) electrons. The Morgan fingerprint density at radius 3 is 2.23 bits per heavy atom. The summed E-state index contributed by atoms with van der Waals surface area (Å²) in [4.78, 5) is 44.4. The molecule has 0 unspecified atom stereocenters. The number of carbonyl (C=O) groups is 3. The van der Waals surface area contributed by atoms with E-state index in [1.807, 2.05) is 0 Å².